The highest BCUT2D eigenvalue weighted by Gasteiger charge is 2.56. The number of aliphatic hydroxyl groups is 2. The molecule has 2 rings (SSSR count). The number of aromatic amines is 1. The van der Waals surface area contributed by atoms with Gasteiger partial charge in [0.1, 0.15) is 18.8 Å². The summed E-state index contributed by atoms with van der Waals surface area (Å²) in [5.41, 5.74) is -4.19. The van der Waals surface area contributed by atoms with Gasteiger partial charge in [0.05, 0.1) is 0 Å². The molecule has 0 saturated carbocycles. The lowest BCUT2D eigenvalue weighted by Gasteiger charge is -2.26. The molecule has 2 heterocycles. The Kier molecular flexibility index (Phi) is 7.67. The molecule has 0 radical (unpaired) electrons. The van der Waals surface area contributed by atoms with E-state index < -0.39 is 64.7 Å². The first-order valence-electron chi connectivity index (χ1n) is 7.43. The molecule has 1 aliphatic heterocycles. The second-order valence-corrected chi connectivity index (χ2v) is 10.4. The van der Waals surface area contributed by atoms with E-state index in [2.05, 4.69) is 20.4 Å². The van der Waals surface area contributed by atoms with Crippen molar-refractivity contribution < 1.29 is 51.9 Å². The predicted molar refractivity (Wildman–Crippen MR) is 99.3 cm³/mol. The fourth-order valence-corrected chi connectivity index (χ4v) is 5.88. The van der Waals surface area contributed by atoms with Crippen molar-refractivity contribution in [3.05, 3.63) is 33.1 Å². The van der Waals surface area contributed by atoms with Crippen molar-refractivity contribution in [2.24, 2.45) is 0 Å². The highest BCUT2D eigenvalue weighted by atomic mass is 32.4. The molecule has 1 aromatic rings. The third kappa shape index (κ3) is 5.97. The van der Waals surface area contributed by atoms with Crippen molar-refractivity contribution in [1.29, 1.82) is 0 Å². The first-order valence-corrected chi connectivity index (χ1v) is 12.6. The average Bonchev–Trinajstić information content (AvgIpc) is 2.83. The summed E-state index contributed by atoms with van der Waals surface area (Å²) < 4.78 is 40.8. The van der Waals surface area contributed by atoms with Gasteiger partial charge in [-0.25, -0.2) is 13.9 Å². The minimum absolute atomic E-state index is 0.690. The van der Waals surface area contributed by atoms with E-state index in [-0.39, 0.29) is 0 Å². The molecule has 6 N–H and O–H groups in total. The standard InChI is InChI=1S/C11H13N2O13P3S/c1-2-11(17)8(15)6(24-9(11)13-4-3-7(14)12-10(13)16)5-23-27(30)25-29(21,22)26-28(18,19)20/h1,3-4,6,8-9,15,17H,5H2,(H3-,12,14,16,18,19,20,21,22)/p+1/t6-,8-,9-,11-/m1/s1. The summed E-state index contributed by atoms with van der Waals surface area (Å²) >= 11 is 4.61. The summed E-state index contributed by atoms with van der Waals surface area (Å²) in [5.74, 6) is 1.89. The lowest BCUT2D eigenvalue weighted by molar-refractivity contribution is -0.0752. The van der Waals surface area contributed by atoms with Crippen molar-refractivity contribution in [3.63, 3.8) is 0 Å². The van der Waals surface area contributed by atoms with Crippen LogP contribution in [0.2, 0.25) is 0 Å². The van der Waals surface area contributed by atoms with Crippen LogP contribution in [0.1, 0.15) is 6.23 Å². The van der Waals surface area contributed by atoms with E-state index in [9.17, 15) is 33.8 Å². The minimum atomic E-state index is -5.37. The number of hydrogen-bond donors (Lipinski definition) is 6. The molecule has 0 aliphatic carbocycles. The summed E-state index contributed by atoms with van der Waals surface area (Å²) in [7, 11) is -13.4. The smallest absolute Gasteiger partial charge is 0.386 e. The molecule has 0 amide bonds. The molecule has 0 bridgehead atoms. The first kappa shape index (κ1) is 25.1. The van der Waals surface area contributed by atoms with Crippen LogP contribution in [0.25, 0.3) is 0 Å². The molecule has 1 aliphatic rings. The highest BCUT2D eigenvalue weighted by molar-refractivity contribution is 8.02. The van der Waals surface area contributed by atoms with E-state index in [1.165, 1.54) is 0 Å². The monoisotopic (exact) mass is 507 g/mol. The van der Waals surface area contributed by atoms with E-state index >= 15 is 0 Å². The van der Waals surface area contributed by atoms with Crippen LogP contribution in [0.3, 0.4) is 0 Å². The second kappa shape index (κ2) is 9.15. The van der Waals surface area contributed by atoms with Crippen molar-refractivity contribution in [1.82, 2.24) is 9.55 Å². The number of phosphoric acid groups is 2. The second-order valence-electron chi connectivity index (χ2n) is 5.60. The van der Waals surface area contributed by atoms with Crippen LogP contribution in [0, 0.1) is 12.3 Å². The van der Waals surface area contributed by atoms with Gasteiger partial charge in [0.2, 0.25) is 11.8 Å². The molecule has 19 heteroatoms. The third-order valence-corrected chi connectivity index (χ3v) is 7.85. The number of hydrogen-bond acceptors (Lipinski definition) is 11. The van der Waals surface area contributed by atoms with Crippen molar-refractivity contribution >= 4 is 34.6 Å². The Balaban J connectivity index is 2.12. The SMILES string of the molecule is C#C[C@@]1(O)[C@H](O)[C@@H](CO[P+](=S)OP(=O)(O)OP(=O)(O)O)O[C@H]1n1ccc(=O)[nH]c1=O. The fourth-order valence-electron chi connectivity index (χ4n) is 2.34. The van der Waals surface area contributed by atoms with Gasteiger partial charge in [-0.2, -0.15) is 4.31 Å². The van der Waals surface area contributed by atoms with Gasteiger partial charge in [0.25, 0.3) is 5.56 Å². The van der Waals surface area contributed by atoms with Crippen LogP contribution in [0.4, 0.5) is 0 Å². The summed E-state index contributed by atoms with van der Waals surface area (Å²) in [6.07, 6.45) is 1.28. The van der Waals surface area contributed by atoms with Crippen molar-refractivity contribution in [3.8, 4) is 12.3 Å². The van der Waals surface area contributed by atoms with Gasteiger partial charge in [-0.3, -0.25) is 19.2 Å². The zero-order valence-electron chi connectivity index (χ0n) is 14.4. The number of aliphatic hydroxyl groups excluding tert-OH is 1. The van der Waals surface area contributed by atoms with Crippen LogP contribution >= 0.6 is 22.8 Å². The summed E-state index contributed by atoms with van der Waals surface area (Å²) in [5, 5.41) is 20.9. The average molecular weight is 507 g/mol. The molecular formula is C11H14N2O13P3S+. The molecule has 6 atom stereocenters. The predicted octanol–water partition coefficient (Wildman–Crippen LogP) is -1.82. The van der Waals surface area contributed by atoms with E-state index in [0.717, 1.165) is 12.3 Å². The Morgan fingerprint density at radius 3 is 2.57 bits per heavy atom. The maximum absolute atomic E-state index is 11.9. The van der Waals surface area contributed by atoms with Crippen LogP contribution in [0.15, 0.2) is 21.9 Å². The lowest BCUT2D eigenvalue weighted by Crippen LogP contribution is -2.48. The Labute approximate surface area is 172 Å². The molecule has 15 nitrogen and oxygen atoms in total. The number of nitrogens with one attached hydrogen (secondary N) is 1. The number of terminal acetylenes is 1. The van der Waals surface area contributed by atoms with Gasteiger partial charge >= 0.3 is 28.5 Å². The number of nitrogens with zero attached hydrogens (tertiary/aromatic N) is 1. The van der Waals surface area contributed by atoms with Crippen LogP contribution in [0.5, 0.6) is 0 Å². The zero-order chi connectivity index (χ0) is 22.9. The quantitative estimate of drug-likeness (QED) is 0.168. The number of aromatic nitrogens is 2. The topological polar surface area (TPSA) is 227 Å². The maximum Gasteiger partial charge on any atom is 0.532 e. The van der Waals surface area contributed by atoms with Gasteiger partial charge < -0.3 is 24.7 Å². The molecule has 1 saturated heterocycles. The molecular weight excluding hydrogens is 493 g/mol. The largest absolute Gasteiger partial charge is 0.532 e. The Hall–Kier alpha value is -1.14. The first-order chi connectivity index (χ1) is 13.7. The lowest BCUT2D eigenvalue weighted by atomic mass is 9.95. The Morgan fingerprint density at radius 2 is 2.03 bits per heavy atom. The van der Waals surface area contributed by atoms with Gasteiger partial charge in [-0.15, -0.1) is 10.9 Å². The molecule has 0 spiro atoms. The number of H-pyrrole nitrogens is 1. The van der Waals surface area contributed by atoms with Gasteiger partial charge in [-0.1, -0.05) is 5.92 Å². The van der Waals surface area contributed by atoms with Crippen LogP contribution in [-0.2, 0) is 38.8 Å². The number of ether oxygens (including phenoxy) is 1. The van der Waals surface area contributed by atoms with Gasteiger partial charge in [-0.05, 0) is 4.31 Å². The van der Waals surface area contributed by atoms with E-state index in [1.807, 2.05) is 10.9 Å². The highest BCUT2D eigenvalue weighted by Crippen LogP contribution is 2.62. The molecule has 30 heavy (non-hydrogen) atoms. The van der Waals surface area contributed by atoms with E-state index in [0.29, 0.717) is 4.57 Å². The zero-order valence-corrected chi connectivity index (χ0v) is 17.9. The van der Waals surface area contributed by atoms with Crippen molar-refractivity contribution in [2.45, 2.75) is 24.0 Å². The van der Waals surface area contributed by atoms with Gasteiger partial charge in [0, 0.05) is 12.3 Å². The van der Waals surface area contributed by atoms with Crippen molar-refractivity contribution in [2.75, 3.05) is 6.61 Å². The van der Waals surface area contributed by atoms with Crippen LogP contribution < -0.4 is 11.2 Å². The molecule has 0 aromatic carbocycles. The van der Waals surface area contributed by atoms with E-state index in [1.54, 1.807) is 0 Å². The van der Waals surface area contributed by atoms with Crippen LogP contribution in [-0.4, -0.2) is 58.9 Å². The molecule has 2 unspecified atom stereocenters. The molecule has 1 fully saturated rings. The molecule has 166 valence electrons. The normalized spacial score (nSPS) is 29.2. The fraction of sp³-hybridized carbons (Fsp3) is 0.455. The molecule has 1 aromatic heterocycles. The maximum atomic E-state index is 11.9. The summed E-state index contributed by atoms with van der Waals surface area (Å²) in [6.45, 7) is -0.690. The van der Waals surface area contributed by atoms with Gasteiger partial charge in [0.15, 0.2) is 11.8 Å². The summed E-state index contributed by atoms with van der Waals surface area (Å²) in [4.78, 5) is 51.3. The number of rotatable bonds is 8. The summed E-state index contributed by atoms with van der Waals surface area (Å²) in [6, 6.07) is 0.939. The Morgan fingerprint density at radius 1 is 1.40 bits per heavy atom. The Bertz CT molecular complexity index is 1080. The minimum Gasteiger partial charge on any atom is -0.386 e. The van der Waals surface area contributed by atoms with E-state index in [4.69, 9.17) is 25.5 Å². The third-order valence-electron chi connectivity index (χ3n) is 3.54.